The molecule has 0 radical (unpaired) electrons. The summed E-state index contributed by atoms with van der Waals surface area (Å²) in [5.74, 6) is -4.15. The first-order valence-electron chi connectivity index (χ1n) is 16.9. The second kappa shape index (κ2) is 17.1. The van der Waals surface area contributed by atoms with Gasteiger partial charge in [-0.05, 0) is 86.3 Å². The standard InChI is InChI=1S/C35H43F2N7O6.ClH/c1-42-29-19-21(6-9-27(29)44(35(42)50)28-10-12-31(46)41-33(28)48)4-2-3-20-13-15-43(16-14-20)34(49)26(18-22-5-7-23(36)24(37)17-22)40-32(47)25(38)8-11-30(39)45;/h5-7,9,17,19-20,25-26,28H,2-4,8,10-16,18,38H2,1H3,(H2,39,45)(H,40,47)(H,41,46,48);1H. The van der Waals surface area contributed by atoms with Crippen molar-refractivity contribution in [1.82, 2.24) is 24.7 Å². The molecule has 3 heterocycles. The van der Waals surface area contributed by atoms with Crippen LogP contribution in [0.1, 0.15) is 68.5 Å². The number of benzene rings is 2. The lowest BCUT2D eigenvalue weighted by molar-refractivity contribution is -0.138. The Bertz CT molecular complexity index is 1860. The lowest BCUT2D eigenvalue weighted by atomic mass is 9.90. The molecule has 0 spiro atoms. The minimum Gasteiger partial charge on any atom is -0.370 e. The van der Waals surface area contributed by atoms with Gasteiger partial charge in [-0.1, -0.05) is 12.1 Å². The fraction of sp³-hybridized carbons (Fsp3) is 0.486. The normalized spacial score (nSPS) is 17.8. The molecule has 5 rings (SSSR count). The molecule has 5 amide bonds. The highest BCUT2D eigenvalue weighted by Gasteiger charge is 2.32. The van der Waals surface area contributed by atoms with Crippen molar-refractivity contribution in [1.29, 1.82) is 0 Å². The van der Waals surface area contributed by atoms with E-state index < -0.39 is 47.5 Å². The largest absolute Gasteiger partial charge is 0.370 e. The highest BCUT2D eigenvalue weighted by molar-refractivity contribution is 6.00. The lowest BCUT2D eigenvalue weighted by Gasteiger charge is -2.35. The van der Waals surface area contributed by atoms with Gasteiger partial charge in [-0.2, -0.15) is 0 Å². The van der Waals surface area contributed by atoms with Crippen LogP contribution >= 0.6 is 12.4 Å². The van der Waals surface area contributed by atoms with Crippen molar-refractivity contribution in [2.45, 2.75) is 82.3 Å². The highest BCUT2D eigenvalue weighted by atomic mass is 35.5. The number of rotatable bonds is 13. The van der Waals surface area contributed by atoms with Gasteiger partial charge in [-0.3, -0.25) is 38.4 Å². The first-order chi connectivity index (χ1) is 23.8. The quantitative estimate of drug-likeness (QED) is 0.193. The number of piperidine rings is 2. The van der Waals surface area contributed by atoms with E-state index in [1.54, 1.807) is 11.9 Å². The maximum atomic E-state index is 13.9. The molecule has 3 aromatic rings. The Morgan fingerprint density at radius 1 is 0.980 bits per heavy atom. The maximum absolute atomic E-state index is 13.9. The summed E-state index contributed by atoms with van der Waals surface area (Å²) < 4.78 is 30.5. The van der Waals surface area contributed by atoms with E-state index in [-0.39, 0.29) is 62.0 Å². The number of imide groups is 1. The number of hydrogen-bond acceptors (Lipinski definition) is 7. The number of aromatic nitrogens is 2. The van der Waals surface area contributed by atoms with Gasteiger partial charge >= 0.3 is 5.69 Å². The van der Waals surface area contributed by atoms with Gasteiger partial charge in [-0.25, -0.2) is 13.6 Å². The number of fused-ring (bicyclic) bond motifs is 1. The lowest BCUT2D eigenvalue weighted by Crippen LogP contribution is -2.54. The van der Waals surface area contributed by atoms with Crippen LogP contribution in [-0.4, -0.2) is 68.7 Å². The minimum atomic E-state index is -1.08. The number of hydrogen-bond donors (Lipinski definition) is 4. The molecular weight excluding hydrogens is 688 g/mol. The maximum Gasteiger partial charge on any atom is 0.329 e. The van der Waals surface area contributed by atoms with Crippen LogP contribution < -0.4 is 27.8 Å². The molecule has 51 heavy (non-hydrogen) atoms. The molecule has 6 N–H and O–H groups in total. The molecule has 2 aromatic carbocycles. The van der Waals surface area contributed by atoms with Crippen LogP contribution in [0.2, 0.25) is 0 Å². The third-order valence-electron chi connectivity index (χ3n) is 9.76. The predicted octanol–water partition coefficient (Wildman–Crippen LogP) is 1.90. The smallest absolute Gasteiger partial charge is 0.329 e. The van der Waals surface area contributed by atoms with Gasteiger partial charge in [0.15, 0.2) is 11.6 Å². The summed E-state index contributed by atoms with van der Waals surface area (Å²) in [6.07, 6.45) is 4.33. The molecule has 3 unspecified atom stereocenters. The molecule has 3 atom stereocenters. The van der Waals surface area contributed by atoms with Gasteiger partial charge in [0, 0.05) is 39.4 Å². The van der Waals surface area contributed by atoms with Gasteiger partial charge < -0.3 is 21.7 Å². The van der Waals surface area contributed by atoms with Crippen molar-refractivity contribution >= 4 is 53.0 Å². The summed E-state index contributed by atoms with van der Waals surface area (Å²) in [5, 5.41) is 4.97. The zero-order valence-corrected chi connectivity index (χ0v) is 29.2. The number of nitrogens with zero attached hydrogens (tertiary/aromatic N) is 3. The van der Waals surface area contributed by atoms with Gasteiger partial charge in [0.05, 0.1) is 17.1 Å². The summed E-state index contributed by atoms with van der Waals surface area (Å²) in [6, 6.07) is 6.18. The molecule has 2 saturated heterocycles. The molecule has 2 fully saturated rings. The van der Waals surface area contributed by atoms with Crippen LogP contribution in [0.4, 0.5) is 8.78 Å². The number of primary amides is 1. The van der Waals surface area contributed by atoms with E-state index in [4.69, 9.17) is 11.5 Å². The number of amides is 5. The molecule has 1 aromatic heterocycles. The number of halogens is 3. The van der Waals surface area contributed by atoms with Gasteiger partial charge in [0.1, 0.15) is 12.1 Å². The van der Waals surface area contributed by atoms with Crippen molar-refractivity contribution in [3.63, 3.8) is 0 Å². The number of carbonyl (C=O) groups excluding carboxylic acids is 5. The number of aryl methyl sites for hydroxylation is 2. The molecule has 2 aliphatic rings. The second-order valence-electron chi connectivity index (χ2n) is 13.3. The average Bonchev–Trinajstić information content (AvgIpc) is 3.33. The first kappa shape index (κ1) is 39.2. The van der Waals surface area contributed by atoms with Gasteiger partial charge in [0.2, 0.25) is 29.5 Å². The van der Waals surface area contributed by atoms with Crippen LogP contribution in [0.3, 0.4) is 0 Å². The van der Waals surface area contributed by atoms with Crippen LogP contribution in [0, 0.1) is 17.6 Å². The monoisotopic (exact) mass is 731 g/mol. The van der Waals surface area contributed by atoms with Crippen LogP contribution in [0.15, 0.2) is 41.2 Å². The Hall–Kier alpha value is -4.63. The van der Waals surface area contributed by atoms with E-state index in [0.29, 0.717) is 35.6 Å². The average molecular weight is 732 g/mol. The number of nitrogens with one attached hydrogen (secondary N) is 2. The number of carbonyl (C=O) groups is 5. The minimum absolute atomic E-state index is 0. The van der Waals surface area contributed by atoms with E-state index >= 15 is 0 Å². The Kier molecular flexibility index (Phi) is 13.1. The van der Waals surface area contributed by atoms with Crippen LogP contribution in [-0.2, 0) is 43.9 Å². The number of nitrogens with two attached hydrogens (primary N) is 2. The molecular formula is C35H44ClF2N7O6. The molecule has 276 valence electrons. The zero-order chi connectivity index (χ0) is 36.1. The van der Waals surface area contributed by atoms with E-state index in [9.17, 15) is 37.5 Å². The fourth-order valence-electron chi connectivity index (χ4n) is 6.86. The molecule has 0 bridgehead atoms. The van der Waals surface area contributed by atoms with Gasteiger partial charge in [0.25, 0.3) is 0 Å². The summed E-state index contributed by atoms with van der Waals surface area (Å²) in [7, 11) is 1.66. The van der Waals surface area contributed by atoms with Gasteiger partial charge in [-0.15, -0.1) is 12.4 Å². The van der Waals surface area contributed by atoms with Crippen LogP contribution in [0.5, 0.6) is 0 Å². The van der Waals surface area contributed by atoms with E-state index in [1.807, 2.05) is 18.2 Å². The van der Waals surface area contributed by atoms with E-state index in [1.165, 1.54) is 15.2 Å². The first-order valence-corrected chi connectivity index (χ1v) is 16.9. The summed E-state index contributed by atoms with van der Waals surface area (Å²) >= 11 is 0. The third-order valence-corrected chi connectivity index (χ3v) is 9.76. The predicted molar refractivity (Wildman–Crippen MR) is 186 cm³/mol. The van der Waals surface area contributed by atoms with E-state index in [0.717, 1.165) is 49.8 Å². The molecule has 2 aliphatic heterocycles. The summed E-state index contributed by atoms with van der Waals surface area (Å²) in [4.78, 5) is 76.4. The van der Waals surface area contributed by atoms with Crippen LogP contribution in [0.25, 0.3) is 11.0 Å². The molecule has 13 nitrogen and oxygen atoms in total. The topological polar surface area (TPSA) is 192 Å². The summed E-state index contributed by atoms with van der Waals surface area (Å²) in [6.45, 7) is 0.923. The van der Waals surface area contributed by atoms with Crippen molar-refractivity contribution in [2.24, 2.45) is 24.4 Å². The number of imidazole rings is 1. The van der Waals surface area contributed by atoms with Crippen molar-refractivity contribution in [3.8, 4) is 0 Å². The fourth-order valence-corrected chi connectivity index (χ4v) is 6.86. The molecule has 16 heteroatoms. The van der Waals surface area contributed by atoms with Crippen molar-refractivity contribution in [2.75, 3.05) is 13.1 Å². The molecule has 0 aliphatic carbocycles. The van der Waals surface area contributed by atoms with Crippen molar-refractivity contribution in [3.05, 3.63) is 69.6 Å². The Morgan fingerprint density at radius 2 is 1.69 bits per heavy atom. The third kappa shape index (κ3) is 9.38. The van der Waals surface area contributed by atoms with Crippen molar-refractivity contribution < 1.29 is 32.8 Å². The second-order valence-corrected chi connectivity index (χ2v) is 13.3. The summed E-state index contributed by atoms with van der Waals surface area (Å²) in [5.41, 5.74) is 13.5. The SMILES string of the molecule is Cl.Cn1c(=O)n(C2CCC(=O)NC2=O)c2ccc(CCCC3CCN(C(=O)C(Cc4ccc(F)c(F)c4)NC(=O)C(N)CCC(N)=O)CC3)cc21. The Balaban J connectivity index is 0.00000583. The highest BCUT2D eigenvalue weighted by Crippen LogP contribution is 2.27. The number of likely N-dealkylation sites (tertiary alicyclic amines) is 1. The Labute approximate surface area is 299 Å². The Morgan fingerprint density at radius 3 is 2.35 bits per heavy atom. The van der Waals surface area contributed by atoms with E-state index in [2.05, 4.69) is 10.6 Å². The molecule has 0 saturated carbocycles. The zero-order valence-electron chi connectivity index (χ0n) is 28.4.